The van der Waals surface area contributed by atoms with Gasteiger partial charge in [-0.3, -0.25) is 0 Å². The van der Waals surface area contributed by atoms with Crippen LogP contribution in [0.15, 0.2) is 23.0 Å². The van der Waals surface area contributed by atoms with Crippen LogP contribution in [0.1, 0.15) is 38.2 Å². The molecule has 2 unspecified atom stereocenters. The maximum absolute atomic E-state index is 6.40. The highest BCUT2D eigenvalue weighted by Gasteiger charge is 2.31. The molecule has 0 radical (unpaired) electrons. The summed E-state index contributed by atoms with van der Waals surface area (Å²) >= 11 is 0. The van der Waals surface area contributed by atoms with Crippen LogP contribution < -0.4 is 5.73 Å². The van der Waals surface area contributed by atoms with Gasteiger partial charge in [0.2, 0.25) is 0 Å². The molecule has 0 saturated heterocycles. The van der Waals surface area contributed by atoms with Gasteiger partial charge in [-0.25, -0.2) is 0 Å². The predicted octanol–water partition coefficient (Wildman–Crippen LogP) is 2.73. The SMILES string of the molecule is CC1CCCC(N)(Cc2ccoc2)C1. The second kappa shape index (κ2) is 3.77. The van der Waals surface area contributed by atoms with E-state index >= 15 is 0 Å². The van der Waals surface area contributed by atoms with E-state index in [4.69, 9.17) is 10.2 Å². The van der Waals surface area contributed by atoms with Gasteiger partial charge in [-0.2, -0.15) is 0 Å². The van der Waals surface area contributed by atoms with Crippen LogP contribution in [0.5, 0.6) is 0 Å². The molecule has 1 heterocycles. The van der Waals surface area contributed by atoms with Crippen LogP contribution in [0.3, 0.4) is 0 Å². The van der Waals surface area contributed by atoms with E-state index in [1.807, 2.05) is 12.3 Å². The van der Waals surface area contributed by atoms with E-state index in [0.717, 1.165) is 25.2 Å². The van der Waals surface area contributed by atoms with Crippen LogP contribution in [-0.4, -0.2) is 5.54 Å². The van der Waals surface area contributed by atoms with Crippen molar-refractivity contribution in [2.24, 2.45) is 11.7 Å². The summed E-state index contributed by atoms with van der Waals surface area (Å²) in [5, 5.41) is 0. The lowest BCUT2D eigenvalue weighted by Crippen LogP contribution is -2.45. The summed E-state index contributed by atoms with van der Waals surface area (Å²) in [5.74, 6) is 0.778. The Labute approximate surface area is 85.5 Å². The van der Waals surface area contributed by atoms with Crippen LogP contribution >= 0.6 is 0 Å². The van der Waals surface area contributed by atoms with Crippen molar-refractivity contribution in [2.75, 3.05) is 0 Å². The molecule has 14 heavy (non-hydrogen) atoms. The van der Waals surface area contributed by atoms with Gasteiger partial charge >= 0.3 is 0 Å². The molecule has 1 saturated carbocycles. The molecule has 0 spiro atoms. The summed E-state index contributed by atoms with van der Waals surface area (Å²) in [6.45, 7) is 2.30. The Morgan fingerprint density at radius 1 is 1.64 bits per heavy atom. The molecule has 0 aromatic carbocycles. The van der Waals surface area contributed by atoms with E-state index in [0.29, 0.717) is 0 Å². The summed E-state index contributed by atoms with van der Waals surface area (Å²) in [7, 11) is 0. The van der Waals surface area contributed by atoms with Crippen molar-refractivity contribution in [3.8, 4) is 0 Å². The van der Waals surface area contributed by atoms with Gasteiger partial charge in [0.1, 0.15) is 0 Å². The summed E-state index contributed by atoms with van der Waals surface area (Å²) < 4.78 is 5.07. The fourth-order valence-corrected chi connectivity index (χ4v) is 2.66. The summed E-state index contributed by atoms with van der Waals surface area (Å²) in [6.07, 6.45) is 9.42. The van der Waals surface area contributed by atoms with Gasteiger partial charge in [-0.1, -0.05) is 19.8 Å². The summed E-state index contributed by atoms with van der Waals surface area (Å²) in [4.78, 5) is 0. The van der Waals surface area contributed by atoms with Gasteiger partial charge in [0.25, 0.3) is 0 Å². The number of rotatable bonds is 2. The molecule has 0 amide bonds. The molecule has 0 bridgehead atoms. The fourth-order valence-electron chi connectivity index (χ4n) is 2.66. The second-order valence-electron chi connectivity index (χ2n) is 4.87. The van der Waals surface area contributed by atoms with Crippen LogP contribution in [0.4, 0.5) is 0 Å². The average Bonchev–Trinajstić information content (AvgIpc) is 2.55. The predicted molar refractivity (Wildman–Crippen MR) is 57.0 cm³/mol. The number of hydrogen-bond donors (Lipinski definition) is 1. The normalized spacial score (nSPS) is 33.1. The van der Waals surface area contributed by atoms with Gasteiger partial charge in [0.15, 0.2) is 0 Å². The lowest BCUT2D eigenvalue weighted by Gasteiger charge is -2.36. The molecule has 2 rings (SSSR count). The molecule has 0 aliphatic heterocycles. The molecule has 78 valence electrons. The number of furan rings is 1. The molecule has 1 aliphatic carbocycles. The highest BCUT2D eigenvalue weighted by molar-refractivity contribution is 5.11. The van der Waals surface area contributed by atoms with E-state index in [9.17, 15) is 0 Å². The van der Waals surface area contributed by atoms with E-state index in [1.54, 1.807) is 6.26 Å². The van der Waals surface area contributed by atoms with Crippen molar-refractivity contribution in [2.45, 2.75) is 44.6 Å². The first-order valence-electron chi connectivity index (χ1n) is 5.48. The van der Waals surface area contributed by atoms with E-state index in [-0.39, 0.29) is 5.54 Å². The molecule has 1 aromatic heterocycles. The Morgan fingerprint density at radius 2 is 2.50 bits per heavy atom. The van der Waals surface area contributed by atoms with E-state index < -0.39 is 0 Å². The zero-order valence-electron chi connectivity index (χ0n) is 8.83. The monoisotopic (exact) mass is 193 g/mol. The minimum Gasteiger partial charge on any atom is -0.472 e. The van der Waals surface area contributed by atoms with Crippen LogP contribution in [0.25, 0.3) is 0 Å². The quantitative estimate of drug-likeness (QED) is 0.784. The Morgan fingerprint density at radius 3 is 3.14 bits per heavy atom. The van der Waals surface area contributed by atoms with Gasteiger partial charge in [0, 0.05) is 5.54 Å². The Bertz CT molecular complexity index is 281. The fraction of sp³-hybridized carbons (Fsp3) is 0.667. The summed E-state index contributed by atoms with van der Waals surface area (Å²) in [6, 6.07) is 2.02. The highest BCUT2D eigenvalue weighted by atomic mass is 16.3. The molecule has 1 aromatic rings. The maximum Gasteiger partial charge on any atom is 0.0935 e. The molecule has 1 fully saturated rings. The smallest absolute Gasteiger partial charge is 0.0935 e. The van der Waals surface area contributed by atoms with Gasteiger partial charge < -0.3 is 10.2 Å². The molecule has 1 aliphatic rings. The topological polar surface area (TPSA) is 39.2 Å². The lowest BCUT2D eigenvalue weighted by atomic mass is 9.74. The first-order valence-corrected chi connectivity index (χ1v) is 5.48. The standard InChI is InChI=1S/C12H19NO/c1-10-3-2-5-12(13,7-10)8-11-4-6-14-9-11/h4,6,9-10H,2-3,5,7-8,13H2,1H3. The molecule has 2 nitrogen and oxygen atoms in total. The van der Waals surface area contributed by atoms with Gasteiger partial charge in [-0.05, 0) is 36.8 Å². The number of hydrogen-bond acceptors (Lipinski definition) is 2. The molecule has 2 atom stereocenters. The Hall–Kier alpha value is -0.760. The third-order valence-electron chi connectivity index (χ3n) is 3.26. The zero-order chi connectivity index (χ0) is 10.0. The van der Waals surface area contributed by atoms with E-state index in [1.165, 1.54) is 18.4 Å². The van der Waals surface area contributed by atoms with Gasteiger partial charge in [0.05, 0.1) is 12.5 Å². The molecular weight excluding hydrogens is 174 g/mol. The van der Waals surface area contributed by atoms with Crippen molar-refractivity contribution in [1.82, 2.24) is 0 Å². The average molecular weight is 193 g/mol. The number of nitrogens with two attached hydrogens (primary N) is 1. The molecule has 2 heteroatoms. The van der Waals surface area contributed by atoms with Crippen LogP contribution in [0, 0.1) is 5.92 Å². The minimum absolute atomic E-state index is 0.0154. The lowest BCUT2D eigenvalue weighted by molar-refractivity contribution is 0.235. The van der Waals surface area contributed by atoms with E-state index in [2.05, 4.69) is 6.92 Å². The molecule has 2 N–H and O–H groups in total. The summed E-state index contributed by atoms with van der Waals surface area (Å²) in [5.41, 5.74) is 7.65. The highest BCUT2D eigenvalue weighted by Crippen LogP contribution is 2.32. The first kappa shape index (κ1) is 9.78. The van der Waals surface area contributed by atoms with Crippen LogP contribution in [-0.2, 0) is 6.42 Å². The third kappa shape index (κ3) is 2.18. The minimum atomic E-state index is 0.0154. The van der Waals surface area contributed by atoms with Crippen molar-refractivity contribution < 1.29 is 4.42 Å². The zero-order valence-corrected chi connectivity index (χ0v) is 8.83. The first-order chi connectivity index (χ1) is 6.68. The Balaban J connectivity index is 2.01. The largest absolute Gasteiger partial charge is 0.472 e. The van der Waals surface area contributed by atoms with Crippen molar-refractivity contribution in [3.05, 3.63) is 24.2 Å². The second-order valence-corrected chi connectivity index (χ2v) is 4.87. The molecular formula is C12H19NO. The Kier molecular flexibility index (Phi) is 2.64. The van der Waals surface area contributed by atoms with Crippen LogP contribution in [0.2, 0.25) is 0 Å². The van der Waals surface area contributed by atoms with Crippen molar-refractivity contribution in [3.63, 3.8) is 0 Å². The maximum atomic E-state index is 6.40. The van der Waals surface area contributed by atoms with Crippen molar-refractivity contribution in [1.29, 1.82) is 0 Å². The third-order valence-corrected chi connectivity index (χ3v) is 3.26. The van der Waals surface area contributed by atoms with Gasteiger partial charge in [-0.15, -0.1) is 0 Å². The van der Waals surface area contributed by atoms with Crippen molar-refractivity contribution >= 4 is 0 Å².